The van der Waals surface area contributed by atoms with E-state index in [1.165, 1.54) is 30.7 Å². The van der Waals surface area contributed by atoms with E-state index in [0.717, 1.165) is 19.3 Å². The Morgan fingerprint density at radius 1 is 1.17 bits per heavy atom. The third kappa shape index (κ3) is 3.63. The highest BCUT2D eigenvalue weighted by atomic mass is 19.1. The zero-order chi connectivity index (χ0) is 16.4. The van der Waals surface area contributed by atoms with E-state index in [1.54, 1.807) is 6.92 Å². The largest absolute Gasteiger partial charge is 0.481 e. The maximum atomic E-state index is 12.8. The van der Waals surface area contributed by atoms with Crippen LogP contribution < -0.4 is 15.6 Å². The van der Waals surface area contributed by atoms with Gasteiger partial charge in [0.15, 0.2) is 6.10 Å². The molecule has 0 radical (unpaired) electrons. The van der Waals surface area contributed by atoms with Gasteiger partial charge in [0.25, 0.3) is 5.91 Å². The van der Waals surface area contributed by atoms with Gasteiger partial charge in [-0.15, -0.1) is 0 Å². The van der Waals surface area contributed by atoms with Crippen LogP contribution in [0.15, 0.2) is 24.3 Å². The quantitative estimate of drug-likeness (QED) is 0.836. The van der Waals surface area contributed by atoms with E-state index in [9.17, 15) is 14.0 Å². The minimum atomic E-state index is -0.791. The number of fused-ring (bicyclic) bond motifs is 2. The van der Waals surface area contributed by atoms with Gasteiger partial charge in [-0.3, -0.25) is 20.4 Å². The maximum absolute atomic E-state index is 12.8. The standard InChI is InChI=1S/C17H21FN2O3/c1-10(23-14-6-4-13(18)5-7-14)16(21)19-20-17(22)15-9-11-2-3-12(15)8-11/h4-7,10-12,15H,2-3,8-9H2,1H3,(H,19,21)(H,20,22). The van der Waals surface area contributed by atoms with E-state index in [4.69, 9.17) is 4.74 Å². The van der Waals surface area contributed by atoms with Crippen LogP contribution in [0.4, 0.5) is 4.39 Å². The maximum Gasteiger partial charge on any atom is 0.279 e. The Labute approximate surface area is 134 Å². The highest BCUT2D eigenvalue weighted by Crippen LogP contribution is 2.48. The van der Waals surface area contributed by atoms with E-state index >= 15 is 0 Å². The van der Waals surface area contributed by atoms with Crippen molar-refractivity contribution in [1.82, 2.24) is 10.9 Å². The highest BCUT2D eigenvalue weighted by Gasteiger charge is 2.43. The Morgan fingerprint density at radius 2 is 1.91 bits per heavy atom. The van der Waals surface area contributed by atoms with Crippen molar-refractivity contribution < 1.29 is 18.7 Å². The lowest BCUT2D eigenvalue weighted by Gasteiger charge is -2.21. The molecule has 124 valence electrons. The molecule has 6 heteroatoms. The molecule has 2 N–H and O–H groups in total. The molecule has 5 nitrogen and oxygen atoms in total. The summed E-state index contributed by atoms with van der Waals surface area (Å²) in [4.78, 5) is 24.1. The molecule has 0 spiro atoms. The molecule has 23 heavy (non-hydrogen) atoms. The molecular weight excluding hydrogens is 299 g/mol. The molecule has 0 aliphatic heterocycles. The number of hydrogen-bond donors (Lipinski definition) is 2. The van der Waals surface area contributed by atoms with Gasteiger partial charge >= 0.3 is 0 Å². The first-order valence-corrected chi connectivity index (χ1v) is 8.05. The van der Waals surface area contributed by atoms with Crippen molar-refractivity contribution in [3.8, 4) is 5.75 Å². The number of benzene rings is 1. The Hall–Kier alpha value is -2.11. The van der Waals surface area contributed by atoms with Crippen molar-refractivity contribution in [1.29, 1.82) is 0 Å². The van der Waals surface area contributed by atoms with Crippen LogP contribution in [0.2, 0.25) is 0 Å². The number of hydrazine groups is 1. The van der Waals surface area contributed by atoms with Gasteiger partial charge in [-0.25, -0.2) is 4.39 Å². The number of amides is 2. The molecule has 0 heterocycles. The van der Waals surface area contributed by atoms with Crippen molar-refractivity contribution in [2.24, 2.45) is 17.8 Å². The van der Waals surface area contributed by atoms with Crippen LogP contribution >= 0.6 is 0 Å². The topological polar surface area (TPSA) is 67.4 Å². The molecule has 2 amide bonds. The summed E-state index contributed by atoms with van der Waals surface area (Å²) in [6.45, 7) is 1.57. The van der Waals surface area contributed by atoms with Crippen LogP contribution in [-0.4, -0.2) is 17.9 Å². The second-order valence-corrected chi connectivity index (χ2v) is 6.47. The average Bonchev–Trinajstić information content (AvgIpc) is 3.17. The van der Waals surface area contributed by atoms with E-state index in [0.29, 0.717) is 17.6 Å². The first-order valence-electron chi connectivity index (χ1n) is 8.05. The third-order valence-corrected chi connectivity index (χ3v) is 4.88. The fourth-order valence-electron chi connectivity index (χ4n) is 3.65. The number of ether oxygens (including phenoxy) is 1. The van der Waals surface area contributed by atoms with E-state index in [1.807, 2.05) is 0 Å². The lowest BCUT2D eigenvalue weighted by Crippen LogP contribution is -2.49. The molecule has 3 rings (SSSR count). The van der Waals surface area contributed by atoms with Gasteiger partial charge in [-0.2, -0.15) is 0 Å². The molecule has 2 fully saturated rings. The van der Waals surface area contributed by atoms with Crippen LogP contribution in [0.5, 0.6) is 5.75 Å². The first kappa shape index (κ1) is 15.8. The average molecular weight is 320 g/mol. The van der Waals surface area contributed by atoms with Gasteiger partial charge in [0.05, 0.1) is 0 Å². The summed E-state index contributed by atoms with van der Waals surface area (Å²) in [6, 6.07) is 5.42. The first-order chi connectivity index (χ1) is 11.0. The monoisotopic (exact) mass is 320 g/mol. The molecular formula is C17H21FN2O3. The Kier molecular flexibility index (Phi) is 4.50. The third-order valence-electron chi connectivity index (χ3n) is 4.88. The SMILES string of the molecule is CC(Oc1ccc(F)cc1)C(=O)NNC(=O)C1CC2CCC1C2. The molecule has 1 aromatic rings. The van der Waals surface area contributed by atoms with Crippen LogP contribution in [0.1, 0.15) is 32.6 Å². The normalized spacial score (nSPS) is 26.6. The molecule has 1 aromatic carbocycles. The van der Waals surface area contributed by atoms with Gasteiger partial charge < -0.3 is 4.74 Å². The van der Waals surface area contributed by atoms with Crippen molar-refractivity contribution in [2.75, 3.05) is 0 Å². The van der Waals surface area contributed by atoms with E-state index < -0.39 is 12.0 Å². The number of carbonyl (C=O) groups excluding carboxylic acids is 2. The number of hydrogen-bond acceptors (Lipinski definition) is 3. The van der Waals surface area contributed by atoms with Crippen molar-refractivity contribution in [3.05, 3.63) is 30.1 Å². The molecule has 2 aliphatic carbocycles. The minimum absolute atomic E-state index is 0.0161. The molecule has 4 unspecified atom stereocenters. The van der Waals surface area contributed by atoms with Crippen LogP contribution in [0.3, 0.4) is 0 Å². The Morgan fingerprint density at radius 3 is 2.52 bits per heavy atom. The smallest absolute Gasteiger partial charge is 0.279 e. The predicted molar refractivity (Wildman–Crippen MR) is 81.7 cm³/mol. The Bertz CT molecular complexity index is 590. The zero-order valence-corrected chi connectivity index (χ0v) is 13.0. The summed E-state index contributed by atoms with van der Waals surface area (Å²) in [5.74, 6) is 0.630. The molecule has 2 bridgehead atoms. The van der Waals surface area contributed by atoms with Gasteiger partial charge in [-0.1, -0.05) is 6.42 Å². The number of halogens is 1. The lowest BCUT2D eigenvalue weighted by molar-refractivity contribution is -0.135. The fourth-order valence-corrected chi connectivity index (χ4v) is 3.65. The molecule has 2 aliphatic rings. The van der Waals surface area contributed by atoms with Crippen LogP contribution in [0, 0.1) is 23.6 Å². The van der Waals surface area contributed by atoms with E-state index in [-0.39, 0.29) is 17.6 Å². The van der Waals surface area contributed by atoms with Crippen LogP contribution in [0.25, 0.3) is 0 Å². The van der Waals surface area contributed by atoms with Crippen molar-refractivity contribution in [3.63, 3.8) is 0 Å². The number of rotatable bonds is 4. The van der Waals surface area contributed by atoms with Gasteiger partial charge in [0.1, 0.15) is 11.6 Å². The summed E-state index contributed by atoms with van der Waals surface area (Å²) in [6.07, 6.45) is 3.61. The second-order valence-electron chi connectivity index (χ2n) is 6.47. The molecule has 0 saturated heterocycles. The number of nitrogens with one attached hydrogen (secondary N) is 2. The van der Waals surface area contributed by atoms with Crippen LogP contribution in [-0.2, 0) is 9.59 Å². The van der Waals surface area contributed by atoms with Gasteiger partial charge in [0, 0.05) is 5.92 Å². The molecule has 4 atom stereocenters. The van der Waals surface area contributed by atoms with Gasteiger partial charge in [-0.05, 0) is 62.3 Å². The summed E-state index contributed by atoms with van der Waals surface area (Å²) in [5, 5.41) is 0. The summed E-state index contributed by atoms with van der Waals surface area (Å²) in [5.41, 5.74) is 4.92. The number of carbonyl (C=O) groups is 2. The minimum Gasteiger partial charge on any atom is -0.481 e. The van der Waals surface area contributed by atoms with Crippen molar-refractivity contribution in [2.45, 2.75) is 38.7 Å². The predicted octanol–water partition coefficient (Wildman–Crippen LogP) is 2.18. The van der Waals surface area contributed by atoms with E-state index in [2.05, 4.69) is 10.9 Å². The summed E-state index contributed by atoms with van der Waals surface area (Å²) >= 11 is 0. The highest BCUT2D eigenvalue weighted by molar-refractivity contribution is 5.85. The summed E-state index contributed by atoms with van der Waals surface area (Å²) in [7, 11) is 0. The Balaban J connectivity index is 1.45. The lowest BCUT2D eigenvalue weighted by atomic mass is 9.88. The molecule has 0 aromatic heterocycles. The second kappa shape index (κ2) is 6.56. The fraction of sp³-hybridized carbons (Fsp3) is 0.529. The zero-order valence-electron chi connectivity index (χ0n) is 13.0. The van der Waals surface area contributed by atoms with Gasteiger partial charge in [0.2, 0.25) is 5.91 Å². The summed E-state index contributed by atoms with van der Waals surface area (Å²) < 4.78 is 18.2. The molecule has 2 saturated carbocycles. The van der Waals surface area contributed by atoms with Crippen molar-refractivity contribution >= 4 is 11.8 Å².